The molecule has 0 aliphatic carbocycles. The van der Waals surface area contributed by atoms with E-state index in [-0.39, 0.29) is 0 Å². The number of pyridine rings is 1. The second kappa shape index (κ2) is 5.83. The van der Waals surface area contributed by atoms with Gasteiger partial charge >= 0.3 is 0 Å². The van der Waals surface area contributed by atoms with Gasteiger partial charge in [-0.3, -0.25) is 4.98 Å². The molecule has 0 atom stereocenters. The molecular formula is C25H17N3. The van der Waals surface area contributed by atoms with Gasteiger partial charge in [0.1, 0.15) is 0 Å². The van der Waals surface area contributed by atoms with Crippen LogP contribution in [-0.4, -0.2) is 14.5 Å². The third-order valence-corrected chi connectivity index (χ3v) is 5.41. The van der Waals surface area contributed by atoms with E-state index in [1.165, 1.54) is 22.0 Å². The van der Waals surface area contributed by atoms with Crippen molar-refractivity contribution in [1.29, 1.82) is 0 Å². The number of hydrogen-bond donors (Lipinski definition) is 1. The van der Waals surface area contributed by atoms with E-state index in [2.05, 4.69) is 93.5 Å². The normalized spacial score (nSPS) is 11.6. The molecular weight excluding hydrogens is 342 g/mol. The topological polar surface area (TPSA) is 33.6 Å². The third kappa shape index (κ3) is 2.20. The van der Waals surface area contributed by atoms with Crippen LogP contribution in [0.15, 0.2) is 97.3 Å². The molecule has 6 rings (SSSR count). The Labute approximate surface area is 161 Å². The number of nitrogens with one attached hydrogen (secondary N) is 1. The first kappa shape index (κ1) is 15.2. The van der Waals surface area contributed by atoms with Crippen molar-refractivity contribution in [3.63, 3.8) is 0 Å². The van der Waals surface area contributed by atoms with Crippen molar-refractivity contribution in [2.75, 3.05) is 0 Å². The minimum absolute atomic E-state index is 1.02. The lowest BCUT2D eigenvalue weighted by Crippen LogP contribution is -1.93. The van der Waals surface area contributed by atoms with E-state index in [0.717, 1.165) is 27.6 Å². The molecule has 1 N–H and O–H groups in total. The van der Waals surface area contributed by atoms with E-state index in [0.29, 0.717) is 0 Å². The highest BCUT2D eigenvalue weighted by atomic mass is 15.0. The Hall–Kier alpha value is -3.85. The first-order chi connectivity index (χ1) is 13.9. The van der Waals surface area contributed by atoms with Crippen LogP contribution in [0.1, 0.15) is 0 Å². The summed E-state index contributed by atoms with van der Waals surface area (Å²) in [6, 6.07) is 29.7. The quantitative estimate of drug-likeness (QED) is 0.385. The Kier molecular flexibility index (Phi) is 3.17. The van der Waals surface area contributed by atoms with Gasteiger partial charge < -0.3 is 9.55 Å². The molecule has 0 saturated carbocycles. The lowest BCUT2D eigenvalue weighted by molar-refractivity contribution is 1.13. The molecule has 0 spiro atoms. The lowest BCUT2D eigenvalue weighted by atomic mass is 10.1. The summed E-state index contributed by atoms with van der Waals surface area (Å²) >= 11 is 0. The molecule has 3 nitrogen and oxygen atoms in total. The summed E-state index contributed by atoms with van der Waals surface area (Å²) in [6.45, 7) is 0. The number of rotatable bonds is 2. The summed E-state index contributed by atoms with van der Waals surface area (Å²) in [5.41, 5.74) is 7.98. The van der Waals surface area contributed by atoms with Gasteiger partial charge in [-0.25, -0.2) is 0 Å². The van der Waals surface area contributed by atoms with Gasteiger partial charge in [0.2, 0.25) is 0 Å². The summed E-state index contributed by atoms with van der Waals surface area (Å²) in [7, 11) is 0. The molecule has 0 aliphatic heterocycles. The van der Waals surface area contributed by atoms with Crippen LogP contribution in [0.4, 0.5) is 0 Å². The van der Waals surface area contributed by atoms with Crippen molar-refractivity contribution in [3.8, 4) is 16.8 Å². The monoisotopic (exact) mass is 359 g/mol. The van der Waals surface area contributed by atoms with Crippen molar-refractivity contribution in [3.05, 3.63) is 97.3 Å². The van der Waals surface area contributed by atoms with Crippen LogP contribution >= 0.6 is 0 Å². The number of H-pyrrole nitrogens is 1. The number of aromatic nitrogens is 3. The highest BCUT2D eigenvalue weighted by Crippen LogP contribution is 2.33. The molecule has 0 amide bonds. The largest absolute Gasteiger partial charge is 0.351 e. The zero-order chi connectivity index (χ0) is 18.5. The van der Waals surface area contributed by atoms with Gasteiger partial charge in [-0.15, -0.1) is 0 Å². The number of nitrogens with zero attached hydrogens (tertiary/aromatic N) is 2. The second-order valence-electron chi connectivity index (χ2n) is 7.05. The fourth-order valence-corrected chi connectivity index (χ4v) is 4.09. The number of fused-ring (bicyclic) bond motifs is 5. The Bertz CT molecular complexity index is 1460. The predicted octanol–water partition coefficient (Wildman–Crippen LogP) is 6.33. The molecule has 3 heterocycles. The fourth-order valence-electron chi connectivity index (χ4n) is 4.09. The minimum atomic E-state index is 1.02. The smallest absolute Gasteiger partial charge is 0.0958 e. The molecule has 3 aromatic heterocycles. The predicted molar refractivity (Wildman–Crippen MR) is 116 cm³/mol. The van der Waals surface area contributed by atoms with E-state index in [1.807, 2.05) is 18.3 Å². The average molecular weight is 359 g/mol. The van der Waals surface area contributed by atoms with Gasteiger partial charge in [-0.2, -0.15) is 0 Å². The van der Waals surface area contributed by atoms with Gasteiger partial charge in [0, 0.05) is 28.9 Å². The van der Waals surface area contributed by atoms with Crippen molar-refractivity contribution < 1.29 is 0 Å². The number of benzene rings is 3. The maximum absolute atomic E-state index is 4.58. The molecule has 0 unspecified atom stereocenters. The van der Waals surface area contributed by atoms with E-state index in [9.17, 15) is 0 Å². The molecule has 0 saturated heterocycles. The van der Waals surface area contributed by atoms with Crippen LogP contribution in [0.2, 0.25) is 0 Å². The third-order valence-electron chi connectivity index (χ3n) is 5.41. The molecule has 28 heavy (non-hydrogen) atoms. The zero-order valence-electron chi connectivity index (χ0n) is 15.1. The SMILES string of the molecule is c1ccc(-c2cccc(-n3ccc4ccc5c6ncccc6[nH]c5c43)c2)cc1. The van der Waals surface area contributed by atoms with Gasteiger partial charge in [0.05, 0.1) is 22.1 Å². The van der Waals surface area contributed by atoms with Gasteiger partial charge in [-0.05, 0) is 47.5 Å². The molecule has 132 valence electrons. The molecule has 0 aliphatic rings. The summed E-state index contributed by atoms with van der Waals surface area (Å²) in [5, 5.41) is 2.37. The maximum Gasteiger partial charge on any atom is 0.0958 e. The Morgan fingerprint density at radius 3 is 2.57 bits per heavy atom. The van der Waals surface area contributed by atoms with Crippen molar-refractivity contribution in [2.24, 2.45) is 0 Å². The number of hydrogen-bond acceptors (Lipinski definition) is 1. The first-order valence-corrected chi connectivity index (χ1v) is 9.41. The second-order valence-corrected chi connectivity index (χ2v) is 7.05. The molecule has 0 fully saturated rings. The van der Waals surface area contributed by atoms with Crippen LogP contribution in [0.25, 0.3) is 49.7 Å². The van der Waals surface area contributed by atoms with E-state index in [4.69, 9.17) is 0 Å². The lowest BCUT2D eigenvalue weighted by Gasteiger charge is -2.09. The fraction of sp³-hybridized carbons (Fsp3) is 0. The van der Waals surface area contributed by atoms with E-state index >= 15 is 0 Å². The molecule has 3 heteroatoms. The Balaban J connectivity index is 1.63. The Morgan fingerprint density at radius 2 is 1.64 bits per heavy atom. The zero-order valence-corrected chi connectivity index (χ0v) is 15.1. The van der Waals surface area contributed by atoms with Crippen molar-refractivity contribution >= 4 is 32.8 Å². The highest BCUT2D eigenvalue weighted by Gasteiger charge is 2.13. The highest BCUT2D eigenvalue weighted by molar-refractivity contribution is 6.15. The summed E-state index contributed by atoms with van der Waals surface area (Å²) in [4.78, 5) is 8.16. The van der Waals surface area contributed by atoms with Crippen molar-refractivity contribution in [2.45, 2.75) is 0 Å². The van der Waals surface area contributed by atoms with Crippen LogP contribution < -0.4 is 0 Å². The average Bonchev–Trinajstić information content (AvgIpc) is 3.36. The summed E-state index contributed by atoms with van der Waals surface area (Å²) in [5.74, 6) is 0. The first-order valence-electron chi connectivity index (χ1n) is 9.41. The van der Waals surface area contributed by atoms with Crippen LogP contribution in [0.5, 0.6) is 0 Å². The summed E-state index contributed by atoms with van der Waals surface area (Å²) < 4.78 is 2.26. The summed E-state index contributed by atoms with van der Waals surface area (Å²) in [6.07, 6.45) is 4.00. The molecule has 3 aromatic carbocycles. The number of aromatic amines is 1. The maximum atomic E-state index is 4.58. The standard InChI is InChI=1S/C25H17N3/c1-2-6-17(7-3-1)19-8-4-9-20(16-19)28-15-13-18-11-12-21-23-22(10-5-14-26-23)27-24(21)25(18)28/h1-16,27H. The molecule has 0 radical (unpaired) electrons. The van der Waals surface area contributed by atoms with E-state index < -0.39 is 0 Å². The van der Waals surface area contributed by atoms with Gasteiger partial charge in [0.15, 0.2) is 0 Å². The van der Waals surface area contributed by atoms with Crippen molar-refractivity contribution in [1.82, 2.24) is 14.5 Å². The van der Waals surface area contributed by atoms with Gasteiger partial charge in [-0.1, -0.05) is 48.5 Å². The molecule has 0 bridgehead atoms. The molecule has 6 aromatic rings. The van der Waals surface area contributed by atoms with Gasteiger partial charge in [0.25, 0.3) is 0 Å². The minimum Gasteiger partial charge on any atom is -0.351 e. The van der Waals surface area contributed by atoms with Crippen LogP contribution in [0, 0.1) is 0 Å². The van der Waals surface area contributed by atoms with Crippen LogP contribution in [-0.2, 0) is 0 Å². The Morgan fingerprint density at radius 1 is 0.750 bits per heavy atom. The van der Waals surface area contributed by atoms with Crippen LogP contribution in [0.3, 0.4) is 0 Å². The van der Waals surface area contributed by atoms with E-state index in [1.54, 1.807) is 0 Å².